The number of aryl methyl sites for hydroxylation is 2. The van der Waals surface area contributed by atoms with Crippen LogP contribution < -0.4 is 4.74 Å². The van der Waals surface area contributed by atoms with Crippen molar-refractivity contribution in [3.05, 3.63) is 64.7 Å². The highest BCUT2D eigenvalue weighted by atomic mass is 35.5. The van der Waals surface area contributed by atoms with Gasteiger partial charge in [-0.3, -0.25) is 4.90 Å². The Morgan fingerprint density at radius 3 is 2.30 bits per heavy atom. The number of methoxy groups -OCH3 is 1. The fourth-order valence-electron chi connectivity index (χ4n) is 5.25. The Hall–Kier alpha value is -2.08. The van der Waals surface area contributed by atoms with E-state index in [0.717, 1.165) is 50.6 Å². The zero-order chi connectivity index (χ0) is 27.0. The summed E-state index contributed by atoms with van der Waals surface area (Å²) >= 11 is 7.06. The molecule has 0 amide bonds. The monoisotopic (exact) mass is 527 g/mol. The number of alkyl halides is 1. The maximum absolute atomic E-state index is 7.06. The molecule has 1 heterocycles. The average molecular weight is 528 g/mol. The van der Waals surface area contributed by atoms with Crippen LogP contribution in [0.25, 0.3) is 0 Å². The molecule has 1 aliphatic heterocycles. The maximum Gasteiger partial charge on any atom is 0.147 e. The van der Waals surface area contributed by atoms with Gasteiger partial charge < -0.3 is 14.4 Å². The Balaban J connectivity index is 1.93. The second-order valence-corrected chi connectivity index (χ2v) is 11.5. The summed E-state index contributed by atoms with van der Waals surface area (Å²) in [4.78, 5) is 10.0. The van der Waals surface area contributed by atoms with Crippen LogP contribution >= 0.6 is 11.6 Å². The normalized spacial score (nSPS) is 18.0. The Morgan fingerprint density at radius 1 is 1.03 bits per heavy atom. The number of benzene rings is 2. The number of hydrogen-bond acceptors (Lipinski definition) is 5. The fraction of sp³-hybridized carbons (Fsp3) is 0.581. The summed E-state index contributed by atoms with van der Waals surface area (Å²) in [5.74, 6) is 1.94. The first-order valence-corrected chi connectivity index (χ1v) is 14.2. The van der Waals surface area contributed by atoms with Crippen molar-refractivity contribution in [2.75, 3.05) is 40.0 Å². The van der Waals surface area contributed by atoms with Crippen molar-refractivity contribution in [1.29, 1.82) is 0 Å². The highest BCUT2D eigenvalue weighted by Crippen LogP contribution is 2.30. The third kappa shape index (κ3) is 7.95. The molecule has 0 aliphatic carbocycles. The van der Waals surface area contributed by atoms with Gasteiger partial charge in [-0.05, 0) is 54.0 Å². The van der Waals surface area contributed by atoms with Gasteiger partial charge in [0, 0.05) is 38.9 Å². The van der Waals surface area contributed by atoms with Crippen LogP contribution in [-0.2, 0) is 24.1 Å². The molecule has 2 aromatic rings. The molecule has 0 spiro atoms. The summed E-state index contributed by atoms with van der Waals surface area (Å²) in [5.41, 5.74) is 4.97. The molecule has 0 bridgehead atoms. The highest BCUT2D eigenvalue weighted by molar-refractivity contribution is 6.23. The zero-order valence-electron chi connectivity index (χ0n) is 23.9. The van der Waals surface area contributed by atoms with Gasteiger partial charge >= 0.3 is 0 Å². The van der Waals surface area contributed by atoms with Gasteiger partial charge in [-0.25, -0.2) is 4.99 Å². The maximum atomic E-state index is 7.06. The molecule has 2 atom stereocenters. The molecular formula is C31H46ClN3O2. The highest BCUT2D eigenvalue weighted by Gasteiger charge is 2.38. The summed E-state index contributed by atoms with van der Waals surface area (Å²) < 4.78 is 11.3. The van der Waals surface area contributed by atoms with Crippen molar-refractivity contribution in [1.82, 2.24) is 9.80 Å². The van der Waals surface area contributed by atoms with Gasteiger partial charge in [0.25, 0.3) is 0 Å². The first kappa shape index (κ1) is 29.5. The van der Waals surface area contributed by atoms with Gasteiger partial charge in [0.05, 0.1) is 19.3 Å². The van der Waals surface area contributed by atoms with Crippen LogP contribution in [0.3, 0.4) is 0 Å². The second-order valence-electron chi connectivity index (χ2n) is 11.0. The van der Waals surface area contributed by atoms with Gasteiger partial charge in [-0.2, -0.15) is 0 Å². The van der Waals surface area contributed by atoms with Crippen LogP contribution in [0.4, 0.5) is 0 Å². The Morgan fingerprint density at radius 2 is 1.70 bits per heavy atom. The number of aliphatic imine (C=N–C) groups is 1. The van der Waals surface area contributed by atoms with Crippen molar-refractivity contribution in [3.63, 3.8) is 0 Å². The molecule has 3 rings (SSSR count). The van der Waals surface area contributed by atoms with E-state index < -0.39 is 0 Å². The average Bonchev–Trinajstić information content (AvgIpc) is 3.15. The molecule has 2 unspecified atom stereocenters. The number of nitrogens with zero attached hydrogens (tertiary/aromatic N) is 3. The topological polar surface area (TPSA) is 37.3 Å². The molecule has 0 N–H and O–H groups in total. The molecule has 204 valence electrons. The minimum absolute atomic E-state index is 0.0545. The number of hydrogen-bond donors (Lipinski definition) is 0. The van der Waals surface area contributed by atoms with Crippen molar-refractivity contribution in [2.24, 2.45) is 10.4 Å². The second kappa shape index (κ2) is 13.6. The van der Waals surface area contributed by atoms with Gasteiger partial charge in [0.15, 0.2) is 0 Å². The smallest absolute Gasteiger partial charge is 0.147 e. The number of rotatable bonds is 13. The van der Waals surface area contributed by atoms with E-state index in [2.05, 4.69) is 80.8 Å². The van der Waals surface area contributed by atoms with Crippen molar-refractivity contribution in [2.45, 2.75) is 72.5 Å². The van der Waals surface area contributed by atoms with E-state index in [9.17, 15) is 0 Å². The third-order valence-electron chi connectivity index (χ3n) is 6.75. The SMILES string of the molecule is CCOc1cccc(CN(CC2C(Cl)N=C(c3c(CC)cccc3CC)N2CCOC)CC(C)(C)C)c1. The lowest BCUT2D eigenvalue weighted by molar-refractivity contribution is 0.125. The van der Waals surface area contributed by atoms with Gasteiger partial charge in [0.1, 0.15) is 17.1 Å². The van der Waals surface area contributed by atoms with E-state index in [0.29, 0.717) is 13.2 Å². The lowest BCUT2D eigenvalue weighted by Crippen LogP contribution is -2.49. The molecule has 0 saturated carbocycles. The van der Waals surface area contributed by atoms with Crippen LogP contribution in [0.1, 0.15) is 63.8 Å². The summed E-state index contributed by atoms with van der Waals surface area (Å²) in [6, 6.07) is 15.1. The lowest BCUT2D eigenvalue weighted by atomic mass is 9.95. The quantitative estimate of drug-likeness (QED) is 0.223. The first-order chi connectivity index (χ1) is 17.7. The minimum Gasteiger partial charge on any atom is -0.494 e. The molecule has 0 fully saturated rings. The minimum atomic E-state index is -0.321. The van der Waals surface area contributed by atoms with Crippen LogP contribution in [0.5, 0.6) is 5.75 Å². The van der Waals surface area contributed by atoms with E-state index in [-0.39, 0.29) is 17.0 Å². The predicted octanol–water partition coefficient (Wildman–Crippen LogP) is 6.40. The van der Waals surface area contributed by atoms with Gasteiger partial charge in [0.2, 0.25) is 0 Å². The molecular weight excluding hydrogens is 482 g/mol. The van der Waals surface area contributed by atoms with Gasteiger partial charge in [-0.15, -0.1) is 0 Å². The number of ether oxygens (including phenoxy) is 2. The molecule has 2 aromatic carbocycles. The summed E-state index contributed by atoms with van der Waals surface area (Å²) in [7, 11) is 1.76. The number of halogens is 1. The predicted molar refractivity (Wildman–Crippen MR) is 156 cm³/mol. The van der Waals surface area contributed by atoms with Crippen LogP contribution in [0.15, 0.2) is 47.5 Å². The largest absolute Gasteiger partial charge is 0.494 e. The molecule has 0 aromatic heterocycles. The Bertz CT molecular complexity index is 1010. The molecule has 0 saturated heterocycles. The summed E-state index contributed by atoms with van der Waals surface area (Å²) in [5, 5.41) is 0. The molecule has 37 heavy (non-hydrogen) atoms. The van der Waals surface area contributed by atoms with Gasteiger partial charge in [-0.1, -0.05) is 76.6 Å². The number of amidine groups is 1. The molecule has 6 heteroatoms. The van der Waals surface area contributed by atoms with E-state index in [1.165, 1.54) is 22.3 Å². The van der Waals surface area contributed by atoms with E-state index in [1.54, 1.807) is 7.11 Å². The van der Waals surface area contributed by atoms with Crippen LogP contribution in [-0.4, -0.2) is 67.1 Å². The van der Waals surface area contributed by atoms with Crippen LogP contribution in [0, 0.1) is 5.41 Å². The van der Waals surface area contributed by atoms with E-state index in [4.69, 9.17) is 26.1 Å². The van der Waals surface area contributed by atoms with Crippen molar-refractivity contribution < 1.29 is 9.47 Å². The first-order valence-electron chi connectivity index (χ1n) is 13.7. The standard InChI is InChI=1S/C31H46ClN3O2/c1-8-24-14-12-15-25(9-2)28(24)30-33-29(32)27(35(30)17-18-36-7)21-34(22-31(4,5)6)20-23-13-11-16-26(19-23)37-10-3/h11-16,19,27,29H,8-10,17-18,20-22H2,1-7H3. The summed E-state index contributed by atoms with van der Waals surface area (Å²) in [6.07, 6.45) is 1.93. The van der Waals surface area contributed by atoms with Crippen molar-refractivity contribution >= 4 is 17.4 Å². The Kier molecular flexibility index (Phi) is 10.9. The van der Waals surface area contributed by atoms with Crippen LogP contribution in [0.2, 0.25) is 0 Å². The molecule has 1 aliphatic rings. The summed E-state index contributed by atoms with van der Waals surface area (Å²) in [6.45, 7) is 18.0. The van der Waals surface area contributed by atoms with E-state index in [1.807, 2.05) is 13.0 Å². The Labute approximate surface area is 229 Å². The van der Waals surface area contributed by atoms with E-state index >= 15 is 0 Å². The molecule has 0 radical (unpaired) electrons. The fourth-order valence-corrected chi connectivity index (χ4v) is 5.55. The third-order valence-corrected chi connectivity index (χ3v) is 7.14. The van der Waals surface area contributed by atoms with Crippen molar-refractivity contribution in [3.8, 4) is 5.75 Å². The molecule has 5 nitrogen and oxygen atoms in total. The lowest BCUT2D eigenvalue weighted by Gasteiger charge is -2.37. The zero-order valence-corrected chi connectivity index (χ0v) is 24.6.